The highest BCUT2D eigenvalue weighted by Crippen LogP contribution is 2.45. The molecule has 338 valence electrons. The molecule has 3 aromatic carbocycles. The van der Waals surface area contributed by atoms with Crippen molar-refractivity contribution in [3.63, 3.8) is 0 Å². The van der Waals surface area contributed by atoms with Crippen molar-refractivity contribution in [2.75, 3.05) is 26.2 Å². The summed E-state index contributed by atoms with van der Waals surface area (Å²) in [5, 5.41) is 17.6. The third-order valence-corrected chi connectivity index (χ3v) is 14.9. The third-order valence-electron chi connectivity index (χ3n) is 13.6. The van der Waals surface area contributed by atoms with Crippen LogP contribution in [0.3, 0.4) is 0 Å². The molecule has 12 nitrogen and oxygen atoms in total. The number of aryl methyl sites for hydroxylation is 1. The highest BCUT2D eigenvalue weighted by atomic mass is 35.5. The van der Waals surface area contributed by atoms with E-state index < -0.39 is 29.0 Å². The van der Waals surface area contributed by atoms with Gasteiger partial charge in [0.15, 0.2) is 0 Å². The Morgan fingerprint density at radius 3 is 2.44 bits per heavy atom. The predicted molar refractivity (Wildman–Crippen MR) is 253 cm³/mol. The first-order valence-electron chi connectivity index (χ1n) is 22.6. The standard InChI is InChI=1S/C50H60ClN7O5S/c1-29(31-14-16-33(17-15-31)43-30(2)52-28-64-43)53-45(61)40-26-35(59)27-57(40)47(63)44(49(3,4)5)54-41(60)13-8-9-22-56-23-20-32(21-24-56)34-18-19-36-39(25-34)58-38-12-10-11-37(51)42(38)46(62)55-48(58)50(36,6)7/h10-12,14-19,25,28-29,32,35,40,44,59H,8-9,13,20-24,26-27H2,1-7H3,(H,53,61)(H,54,60)/t29-,35+,40-,44+/m0/s1. The van der Waals surface area contributed by atoms with Crippen LogP contribution < -0.4 is 16.2 Å². The summed E-state index contributed by atoms with van der Waals surface area (Å²) in [5.74, 6) is 0.236. The molecule has 5 aromatic rings. The number of amides is 3. The van der Waals surface area contributed by atoms with Gasteiger partial charge in [0.2, 0.25) is 17.7 Å². The molecule has 0 aliphatic carbocycles. The van der Waals surface area contributed by atoms with E-state index in [-0.39, 0.29) is 48.7 Å². The fraction of sp³-hybridized carbons (Fsp3) is 0.480. The van der Waals surface area contributed by atoms with Crippen molar-refractivity contribution >= 4 is 51.6 Å². The molecule has 64 heavy (non-hydrogen) atoms. The number of aromatic nitrogens is 3. The number of rotatable bonds is 12. The normalized spacial score (nSPS) is 19.6. The highest BCUT2D eigenvalue weighted by molar-refractivity contribution is 7.13. The quantitative estimate of drug-likeness (QED) is 0.107. The number of benzene rings is 3. The first kappa shape index (κ1) is 45.6. The second-order valence-corrected chi connectivity index (χ2v) is 20.8. The number of fused-ring (bicyclic) bond motifs is 5. The second kappa shape index (κ2) is 18.1. The number of hydrogen-bond acceptors (Lipinski definition) is 9. The number of nitrogens with one attached hydrogen (secondary N) is 2. The van der Waals surface area contributed by atoms with Crippen molar-refractivity contribution < 1.29 is 19.5 Å². The minimum absolute atomic E-state index is 0.0260. The van der Waals surface area contributed by atoms with Crippen molar-refractivity contribution in [1.29, 1.82) is 0 Å². The summed E-state index contributed by atoms with van der Waals surface area (Å²) in [6.45, 7) is 16.6. The van der Waals surface area contributed by atoms with Gasteiger partial charge in [-0.2, -0.15) is 4.98 Å². The van der Waals surface area contributed by atoms with Crippen LogP contribution in [0.1, 0.15) is 120 Å². The average molecular weight is 907 g/mol. The molecule has 3 aliphatic heterocycles. The van der Waals surface area contributed by atoms with E-state index in [9.17, 15) is 24.3 Å². The molecule has 0 unspecified atom stereocenters. The number of halogens is 1. The summed E-state index contributed by atoms with van der Waals surface area (Å²) in [6, 6.07) is 18.3. The van der Waals surface area contributed by atoms with E-state index >= 15 is 0 Å². The zero-order valence-electron chi connectivity index (χ0n) is 37.9. The SMILES string of the molecule is Cc1ncsc1-c1ccc([C@H](C)NC(=O)[C@@H]2C[C@@H](O)CN2C(=O)[C@@H](NC(=O)CCCCN2CCC(c3ccc4c(c3)-n3c(nc(=O)c5c(Cl)cccc53)C4(C)C)CC2)C(C)(C)C)cc1. The maximum absolute atomic E-state index is 14.2. The van der Waals surface area contributed by atoms with Gasteiger partial charge in [-0.3, -0.25) is 23.7 Å². The molecular weight excluding hydrogens is 846 g/mol. The Morgan fingerprint density at radius 2 is 1.75 bits per heavy atom. The van der Waals surface area contributed by atoms with Gasteiger partial charge in [0.1, 0.15) is 17.9 Å². The van der Waals surface area contributed by atoms with E-state index in [0.29, 0.717) is 22.7 Å². The van der Waals surface area contributed by atoms with Crippen molar-refractivity contribution in [3.05, 3.63) is 110 Å². The van der Waals surface area contributed by atoms with Crippen LogP contribution in [-0.2, 0) is 19.8 Å². The molecular formula is C50H60ClN7O5S. The fourth-order valence-electron chi connectivity index (χ4n) is 9.89. The number of β-amino-alcohol motifs (C(OH)–C–C–N with tert-alkyl or cyclic N) is 1. The van der Waals surface area contributed by atoms with Crippen LogP contribution in [-0.4, -0.2) is 91.5 Å². The van der Waals surface area contributed by atoms with Crippen molar-refractivity contribution in [3.8, 4) is 16.1 Å². The maximum atomic E-state index is 14.2. The Bertz CT molecular complexity index is 2630. The number of carbonyl (C=O) groups excluding carboxylic acids is 3. The Balaban J connectivity index is 0.824. The summed E-state index contributed by atoms with van der Waals surface area (Å²) in [5.41, 5.74) is 7.69. The highest BCUT2D eigenvalue weighted by Gasteiger charge is 2.45. The molecule has 2 saturated heterocycles. The van der Waals surface area contributed by atoms with Gasteiger partial charge < -0.3 is 25.5 Å². The minimum Gasteiger partial charge on any atom is -0.391 e. The van der Waals surface area contributed by atoms with Gasteiger partial charge in [0.05, 0.1) is 55.3 Å². The Hall–Kier alpha value is -4.95. The first-order valence-corrected chi connectivity index (χ1v) is 23.9. The molecule has 0 bridgehead atoms. The van der Waals surface area contributed by atoms with Crippen LogP contribution in [0.5, 0.6) is 0 Å². The molecule has 0 saturated carbocycles. The lowest BCUT2D eigenvalue weighted by atomic mass is 9.83. The van der Waals surface area contributed by atoms with E-state index in [1.165, 1.54) is 10.5 Å². The number of piperidine rings is 1. The fourth-order valence-corrected chi connectivity index (χ4v) is 10.9. The van der Waals surface area contributed by atoms with E-state index in [1.54, 1.807) is 17.4 Å². The number of aliphatic hydroxyl groups is 1. The number of thiazole rings is 1. The lowest BCUT2D eigenvalue weighted by Crippen LogP contribution is -2.57. The Kier molecular flexibility index (Phi) is 12.9. The maximum Gasteiger partial charge on any atom is 0.282 e. The molecule has 5 heterocycles. The Labute approximate surface area is 384 Å². The van der Waals surface area contributed by atoms with Crippen LogP contribution in [0.15, 0.2) is 71.0 Å². The predicted octanol–water partition coefficient (Wildman–Crippen LogP) is 7.83. The second-order valence-electron chi connectivity index (χ2n) is 19.6. The summed E-state index contributed by atoms with van der Waals surface area (Å²) in [7, 11) is 0. The average Bonchev–Trinajstić information content (AvgIpc) is 3.94. The number of nitrogens with zero attached hydrogens (tertiary/aromatic N) is 5. The summed E-state index contributed by atoms with van der Waals surface area (Å²) in [4.78, 5) is 68.3. The number of carbonyl (C=O) groups is 3. The van der Waals surface area contributed by atoms with Crippen LogP contribution in [0, 0.1) is 12.3 Å². The van der Waals surface area contributed by atoms with Gasteiger partial charge in [0, 0.05) is 19.4 Å². The summed E-state index contributed by atoms with van der Waals surface area (Å²) in [6.07, 6.45) is 3.14. The smallest absolute Gasteiger partial charge is 0.282 e. The van der Waals surface area contributed by atoms with E-state index in [0.717, 1.165) is 83.2 Å². The van der Waals surface area contributed by atoms with Crippen LogP contribution in [0.25, 0.3) is 27.0 Å². The number of unbranched alkanes of at least 4 members (excludes halogenated alkanes) is 1. The molecule has 2 aromatic heterocycles. The molecule has 3 aliphatic rings. The zero-order chi connectivity index (χ0) is 45.7. The largest absolute Gasteiger partial charge is 0.391 e. The lowest BCUT2D eigenvalue weighted by molar-refractivity contribution is -0.144. The molecule has 14 heteroatoms. The zero-order valence-corrected chi connectivity index (χ0v) is 39.5. The monoisotopic (exact) mass is 905 g/mol. The van der Waals surface area contributed by atoms with Crippen molar-refractivity contribution in [2.45, 2.75) is 123 Å². The minimum atomic E-state index is -0.867. The molecule has 3 N–H and O–H groups in total. The summed E-state index contributed by atoms with van der Waals surface area (Å²) >= 11 is 8.09. The molecule has 4 atom stereocenters. The van der Waals surface area contributed by atoms with Crippen molar-refractivity contribution in [1.82, 2.24) is 35.0 Å². The third kappa shape index (κ3) is 9.01. The topological polar surface area (TPSA) is 150 Å². The van der Waals surface area contributed by atoms with Crippen LogP contribution in [0.4, 0.5) is 0 Å². The van der Waals surface area contributed by atoms with E-state index in [1.807, 2.05) is 76.5 Å². The van der Waals surface area contributed by atoms with E-state index in [4.69, 9.17) is 11.6 Å². The first-order chi connectivity index (χ1) is 30.4. The molecule has 3 amide bonds. The van der Waals surface area contributed by atoms with Gasteiger partial charge in [-0.15, -0.1) is 11.3 Å². The van der Waals surface area contributed by atoms with E-state index in [2.05, 4.69) is 62.1 Å². The number of likely N-dealkylation sites (tertiary alicyclic amines) is 2. The summed E-state index contributed by atoms with van der Waals surface area (Å²) < 4.78 is 2.12. The molecule has 0 spiro atoms. The van der Waals surface area contributed by atoms with Gasteiger partial charge in [0.25, 0.3) is 5.56 Å². The van der Waals surface area contributed by atoms with Gasteiger partial charge in [-0.25, -0.2) is 4.98 Å². The van der Waals surface area contributed by atoms with Gasteiger partial charge >= 0.3 is 0 Å². The van der Waals surface area contributed by atoms with Crippen LogP contribution in [0.2, 0.25) is 5.02 Å². The molecule has 8 rings (SSSR count). The number of aliphatic hydroxyl groups excluding tert-OH is 1. The van der Waals surface area contributed by atoms with Gasteiger partial charge in [-0.05, 0) is 125 Å². The molecule has 0 radical (unpaired) electrons. The van der Waals surface area contributed by atoms with Crippen molar-refractivity contribution in [2.24, 2.45) is 5.41 Å². The van der Waals surface area contributed by atoms with Crippen LogP contribution >= 0.6 is 22.9 Å². The van der Waals surface area contributed by atoms with Gasteiger partial charge in [-0.1, -0.05) is 74.8 Å². The number of hydrogen-bond donors (Lipinski definition) is 3. The lowest BCUT2D eigenvalue weighted by Gasteiger charge is -2.35. The molecule has 2 fully saturated rings. The Morgan fingerprint density at radius 1 is 1.02 bits per heavy atom.